The molecule has 2 heterocycles. The van der Waals surface area contributed by atoms with Crippen molar-refractivity contribution in [1.29, 1.82) is 0 Å². The summed E-state index contributed by atoms with van der Waals surface area (Å²) in [5.74, 6) is -0.0248. The van der Waals surface area contributed by atoms with Crippen molar-refractivity contribution in [3.05, 3.63) is 10.8 Å². The van der Waals surface area contributed by atoms with E-state index in [0.717, 1.165) is 12.8 Å². The molecule has 1 aliphatic carbocycles. The predicted molar refractivity (Wildman–Crippen MR) is 79.2 cm³/mol. The molecule has 1 unspecified atom stereocenters. The number of sulfone groups is 1. The zero-order valence-electron chi connectivity index (χ0n) is 11.2. The first-order valence-corrected chi connectivity index (χ1v) is 11.0. The molecule has 0 aromatic carbocycles. The van der Waals surface area contributed by atoms with Crippen molar-refractivity contribution in [2.45, 2.75) is 42.5 Å². The molecule has 0 bridgehead atoms. The van der Waals surface area contributed by atoms with Crippen LogP contribution >= 0.6 is 22.3 Å². The Balaban J connectivity index is 2.17. The highest BCUT2D eigenvalue weighted by Gasteiger charge is 2.45. The van der Waals surface area contributed by atoms with Gasteiger partial charge in [0.1, 0.15) is 10.0 Å². The minimum atomic E-state index is -4.03. The van der Waals surface area contributed by atoms with Crippen LogP contribution in [0.3, 0.4) is 0 Å². The Hall–Kier alpha value is -0.310. The summed E-state index contributed by atoms with van der Waals surface area (Å²) in [5, 5.41) is 4.22. The molecule has 1 atom stereocenters. The average Bonchev–Trinajstić information content (AvgIpc) is 3.02. The number of rotatable bonds is 3. The molecule has 0 amide bonds. The monoisotopic (exact) mass is 372 g/mol. The normalized spacial score (nSPS) is 28.9. The maximum atomic E-state index is 11.8. The summed E-state index contributed by atoms with van der Waals surface area (Å²) in [4.78, 5) is -0.168. The lowest BCUT2D eigenvalue weighted by molar-refractivity contribution is 0.327. The van der Waals surface area contributed by atoms with Crippen molar-refractivity contribution in [3.63, 3.8) is 0 Å². The van der Waals surface area contributed by atoms with E-state index in [0.29, 0.717) is 12.1 Å². The van der Waals surface area contributed by atoms with E-state index in [9.17, 15) is 16.8 Å². The molecular weight excluding hydrogens is 359 g/mol. The summed E-state index contributed by atoms with van der Waals surface area (Å²) < 4.78 is 48.4. The molecule has 3 rings (SSSR count). The summed E-state index contributed by atoms with van der Waals surface area (Å²) in [7, 11) is -1.71. The molecule has 1 saturated carbocycles. The highest BCUT2D eigenvalue weighted by molar-refractivity contribution is 8.13. The van der Waals surface area contributed by atoms with E-state index in [4.69, 9.17) is 22.3 Å². The first kappa shape index (κ1) is 15.6. The van der Waals surface area contributed by atoms with Crippen molar-refractivity contribution < 1.29 is 16.8 Å². The smallest absolute Gasteiger partial charge is 0.245 e. The molecule has 2 fully saturated rings. The van der Waals surface area contributed by atoms with Gasteiger partial charge >= 0.3 is 0 Å². The molecule has 21 heavy (non-hydrogen) atoms. The van der Waals surface area contributed by atoms with Crippen LogP contribution in [-0.4, -0.2) is 38.1 Å². The van der Waals surface area contributed by atoms with Crippen LogP contribution in [0.5, 0.6) is 0 Å². The summed E-state index contributed by atoms with van der Waals surface area (Å²) in [6.45, 7) is 1.72. The lowest BCUT2D eigenvalue weighted by atomic mass is 10.0. The maximum Gasteiger partial charge on any atom is 0.266 e. The van der Waals surface area contributed by atoms with Crippen molar-refractivity contribution >= 4 is 41.2 Å². The highest BCUT2D eigenvalue weighted by atomic mass is 35.7. The second-order valence-corrected chi connectivity index (χ2v) is 11.0. The molecule has 1 aromatic heterocycles. The Morgan fingerprint density at radius 1 is 1.38 bits per heavy atom. The standard InChI is InChI=1S/C11H14Cl2N2O4S2/c1-11(4-5-20(16,17)6-11)15-10(12)9(21(13,18)19)8(14-15)7-2-3-7/h7H,2-6H2,1H3. The van der Waals surface area contributed by atoms with Gasteiger partial charge in [0.25, 0.3) is 9.05 Å². The van der Waals surface area contributed by atoms with Crippen LogP contribution in [0.15, 0.2) is 4.90 Å². The van der Waals surface area contributed by atoms with Gasteiger partial charge in [-0.15, -0.1) is 0 Å². The van der Waals surface area contributed by atoms with Crippen molar-refractivity contribution in [3.8, 4) is 0 Å². The quantitative estimate of drug-likeness (QED) is 0.755. The van der Waals surface area contributed by atoms with E-state index in [2.05, 4.69) is 5.10 Å². The molecule has 2 aliphatic rings. The van der Waals surface area contributed by atoms with Gasteiger partial charge in [-0.3, -0.25) is 0 Å². The Morgan fingerprint density at radius 2 is 2.00 bits per heavy atom. The lowest BCUT2D eigenvalue weighted by Crippen LogP contribution is -2.32. The molecule has 1 aromatic rings. The van der Waals surface area contributed by atoms with E-state index in [1.807, 2.05) is 0 Å². The van der Waals surface area contributed by atoms with Gasteiger partial charge in [0.05, 0.1) is 22.7 Å². The van der Waals surface area contributed by atoms with E-state index in [-0.39, 0.29) is 27.5 Å². The highest BCUT2D eigenvalue weighted by Crippen LogP contribution is 2.46. The van der Waals surface area contributed by atoms with Crippen LogP contribution in [0.2, 0.25) is 5.15 Å². The van der Waals surface area contributed by atoms with Crippen LogP contribution in [0.1, 0.15) is 37.8 Å². The summed E-state index contributed by atoms with van der Waals surface area (Å²) in [6.07, 6.45) is 2.02. The van der Waals surface area contributed by atoms with Crippen molar-refractivity contribution in [2.75, 3.05) is 11.5 Å². The van der Waals surface area contributed by atoms with E-state index >= 15 is 0 Å². The molecule has 10 heteroatoms. The number of nitrogens with zero attached hydrogens (tertiary/aromatic N) is 2. The molecule has 0 spiro atoms. The van der Waals surface area contributed by atoms with E-state index < -0.39 is 24.4 Å². The van der Waals surface area contributed by atoms with E-state index in [1.54, 1.807) is 6.92 Å². The molecule has 1 aliphatic heterocycles. The zero-order chi connectivity index (χ0) is 15.6. The van der Waals surface area contributed by atoms with Crippen LogP contribution in [-0.2, 0) is 24.4 Å². The van der Waals surface area contributed by atoms with Gasteiger partial charge < -0.3 is 0 Å². The van der Waals surface area contributed by atoms with Crippen molar-refractivity contribution in [2.24, 2.45) is 0 Å². The Labute approximate surface area is 132 Å². The predicted octanol–water partition coefficient (Wildman–Crippen LogP) is 1.88. The fraction of sp³-hybridized carbons (Fsp3) is 0.727. The largest absolute Gasteiger partial charge is 0.266 e. The molecule has 0 N–H and O–H groups in total. The molecule has 118 valence electrons. The summed E-state index contributed by atoms with van der Waals surface area (Å²) in [5.41, 5.74) is -0.472. The van der Waals surface area contributed by atoms with Crippen LogP contribution < -0.4 is 0 Å². The van der Waals surface area contributed by atoms with Gasteiger partial charge in [0, 0.05) is 16.6 Å². The number of aromatic nitrogens is 2. The molecular formula is C11H14Cl2N2O4S2. The second-order valence-electron chi connectivity index (χ2n) is 5.97. The number of halogens is 2. The Bertz CT molecular complexity index is 812. The minimum absolute atomic E-state index is 0.0360. The molecule has 6 nitrogen and oxygen atoms in total. The lowest BCUT2D eigenvalue weighted by Gasteiger charge is -2.23. The fourth-order valence-corrected chi connectivity index (χ4v) is 6.84. The number of hydrogen-bond donors (Lipinski definition) is 0. The first-order chi connectivity index (χ1) is 9.54. The summed E-state index contributed by atoms with van der Waals surface area (Å²) in [6, 6.07) is 0. The SMILES string of the molecule is CC1(n2nc(C3CC3)c(S(=O)(=O)Cl)c2Cl)CCS(=O)(=O)C1. The van der Waals surface area contributed by atoms with Gasteiger partial charge in [-0.25, -0.2) is 21.5 Å². The molecule has 1 saturated heterocycles. The average molecular weight is 373 g/mol. The van der Waals surface area contributed by atoms with Gasteiger partial charge in [0.15, 0.2) is 9.84 Å². The maximum absolute atomic E-state index is 11.8. The zero-order valence-corrected chi connectivity index (χ0v) is 14.4. The van der Waals surface area contributed by atoms with Gasteiger partial charge in [-0.05, 0) is 26.2 Å². The van der Waals surface area contributed by atoms with Crippen LogP contribution in [0.4, 0.5) is 0 Å². The van der Waals surface area contributed by atoms with Gasteiger partial charge in [-0.1, -0.05) is 11.6 Å². The third-order valence-electron chi connectivity index (χ3n) is 4.02. The van der Waals surface area contributed by atoms with Gasteiger partial charge in [0.2, 0.25) is 0 Å². The Morgan fingerprint density at radius 3 is 2.43 bits per heavy atom. The number of hydrogen-bond acceptors (Lipinski definition) is 5. The van der Waals surface area contributed by atoms with Crippen LogP contribution in [0, 0.1) is 0 Å². The third-order valence-corrected chi connectivity index (χ3v) is 7.72. The van der Waals surface area contributed by atoms with Crippen LogP contribution in [0.25, 0.3) is 0 Å². The second kappa shape index (κ2) is 4.59. The fourth-order valence-electron chi connectivity index (χ4n) is 2.77. The first-order valence-electron chi connectivity index (χ1n) is 6.47. The van der Waals surface area contributed by atoms with Gasteiger partial charge in [-0.2, -0.15) is 5.10 Å². The minimum Gasteiger partial charge on any atom is -0.245 e. The topological polar surface area (TPSA) is 86.1 Å². The molecule has 0 radical (unpaired) electrons. The summed E-state index contributed by atoms with van der Waals surface area (Å²) >= 11 is 6.19. The third kappa shape index (κ3) is 2.71. The van der Waals surface area contributed by atoms with Crippen molar-refractivity contribution in [1.82, 2.24) is 9.78 Å². The van der Waals surface area contributed by atoms with E-state index in [1.165, 1.54) is 4.68 Å². The Kier molecular flexibility index (Phi) is 3.41.